The van der Waals surface area contributed by atoms with Crippen molar-refractivity contribution in [3.63, 3.8) is 0 Å². The molecule has 1 aliphatic rings. The number of hydrogen-bond acceptors (Lipinski definition) is 13. The molecular weight excluding hydrogens is 895 g/mol. The van der Waals surface area contributed by atoms with Gasteiger partial charge in [-0.3, -0.25) is 38.8 Å². The molecule has 1 unspecified atom stereocenters. The summed E-state index contributed by atoms with van der Waals surface area (Å²) in [5, 5.41) is 5.32. The van der Waals surface area contributed by atoms with Crippen LogP contribution in [0.4, 0.5) is 5.95 Å². The number of H-pyrrole nitrogens is 1. The predicted octanol–water partition coefficient (Wildman–Crippen LogP) is 10.2. The number of anilines is 1. The molecule has 1 aliphatic heterocycles. The summed E-state index contributed by atoms with van der Waals surface area (Å²) in [5.74, 6) is -3.66. The van der Waals surface area contributed by atoms with Gasteiger partial charge in [-0.05, 0) is 38.6 Å². The molecule has 398 valence electrons. The van der Waals surface area contributed by atoms with Gasteiger partial charge in [0.05, 0.1) is 13.4 Å². The quantitative estimate of drug-likeness (QED) is 0.0277. The topological polar surface area (TPSA) is 236 Å². The Morgan fingerprint density at radius 2 is 1.17 bits per heavy atom. The molecule has 2 amide bonds. The van der Waals surface area contributed by atoms with Crippen molar-refractivity contribution in [1.82, 2.24) is 24.8 Å². The molecule has 5 N–H and O–H groups in total. The summed E-state index contributed by atoms with van der Waals surface area (Å²) < 4.78 is 25.1. The van der Waals surface area contributed by atoms with E-state index in [1.807, 2.05) is 0 Å². The van der Waals surface area contributed by atoms with Gasteiger partial charge in [-0.1, -0.05) is 182 Å². The minimum absolute atomic E-state index is 0.0438. The maximum absolute atomic E-state index is 14.4. The molecule has 2 aromatic heterocycles. The average molecular weight is 986 g/mol. The lowest BCUT2D eigenvalue weighted by Crippen LogP contribution is -2.51. The third kappa shape index (κ3) is 22.4. The van der Waals surface area contributed by atoms with Crippen LogP contribution in [0.1, 0.15) is 233 Å². The van der Waals surface area contributed by atoms with E-state index in [0.29, 0.717) is 32.2 Å². The highest BCUT2D eigenvalue weighted by atomic mass is 16.6. The van der Waals surface area contributed by atoms with Gasteiger partial charge in [0.2, 0.25) is 11.9 Å². The van der Waals surface area contributed by atoms with E-state index in [2.05, 4.69) is 39.4 Å². The second-order valence-electron chi connectivity index (χ2n) is 19.6. The molecule has 5 atom stereocenters. The van der Waals surface area contributed by atoms with Crippen LogP contribution in [0.5, 0.6) is 0 Å². The highest BCUT2D eigenvalue weighted by Crippen LogP contribution is 2.36. The Morgan fingerprint density at radius 3 is 1.63 bits per heavy atom. The summed E-state index contributed by atoms with van der Waals surface area (Å²) >= 11 is 0. The molecule has 17 nitrogen and oxygen atoms in total. The molecule has 0 aliphatic carbocycles. The van der Waals surface area contributed by atoms with E-state index in [9.17, 15) is 28.8 Å². The highest BCUT2D eigenvalue weighted by Gasteiger charge is 2.54. The van der Waals surface area contributed by atoms with Crippen molar-refractivity contribution in [2.45, 2.75) is 257 Å². The molecular formula is C53H91N7O10. The summed E-state index contributed by atoms with van der Waals surface area (Å²) in [6.45, 7) is 8.23. The lowest BCUT2D eigenvalue weighted by Gasteiger charge is -2.25. The highest BCUT2D eigenvalue weighted by molar-refractivity contribution is 5.91. The van der Waals surface area contributed by atoms with Crippen molar-refractivity contribution < 1.29 is 42.9 Å². The maximum atomic E-state index is 14.4. The Morgan fingerprint density at radius 1 is 0.700 bits per heavy atom. The number of nitrogens with one attached hydrogen (secondary N) is 3. The Bertz CT molecular complexity index is 1870. The van der Waals surface area contributed by atoms with Gasteiger partial charge in [0.1, 0.15) is 6.04 Å². The van der Waals surface area contributed by atoms with Crippen LogP contribution in [0.2, 0.25) is 0 Å². The van der Waals surface area contributed by atoms with Crippen LogP contribution in [0.3, 0.4) is 0 Å². The smallest absolute Gasteiger partial charge is 0.328 e. The Balaban J connectivity index is 1.82. The number of esters is 3. The maximum Gasteiger partial charge on any atom is 0.328 e. The Hall–Kier alpha value is -4.38. The molecule has 0 aromatic carbocycles. The molecule has 1 fully saturated rings. The lowest BCUT2D eigenvalue weighted by molar-refractivity contribution is -0.169. The SMILES string of the molecule is CCCCCCCCCCCCCCCC(=O)OC1[C@@H](OC(=O)CCCCCCCCCCCCCCC)[C@@H](C(=O)N[C@@H](CCCCN)C(=O)OC)O[C@H]1n1cnc2c(=O)[nH]c(NC(=O)C(C)C)nc21. The summed E-state index contributed by atoms with van der Waals surface area (Å²) in [6, 6.07) is -1.08. The molecule has 0 bridgehead atoms. The van der Waals surface area contributed by atoms with Gasteiger partial charge in [0.25, 0.3) is 11.5 Å². The zero-order chi connectivity index (χ0) is 50.9. The number of aromatic amines is 1. The molecule has 0 spiro atoms. The fraction of sp³-hybridized carbons (Fsp3) is 0.811. The van der Waals surface area contributed by atoms with Gasteiger partial charge in [-0.2, -0.15) is 4.98 Å². The van der Waals surface area contributed by atoms with Crippen molar-refractivity contribution >= 4 is 46.8 Å². The zero-order valence-electron chi connectivity index (χ0n) is 43.7. The standard InChI is InChI=1S/C53H91N7O10/c1-6-8-10-12-14-16-18-20-22-24-26-28-30-35-41(61)68-44-45(50(65)56-40(52(66)67-5)34-32-33-37-54)70-51(60-38-55-43-47(60)57-53(59-49(43)64)58-48(63)39(3)4)46(44)69-42(62)36-31-29-27-25-23-21-19-17-15-13-11-9-7-2/h38-40,44-46,51H,6-37,54H2,1-5H3,(H,56,65)(H2,57,58,59,63,64)/t40-,44-,45-,46?,51+/m0/s1. The number of carbonyl (C=O) groups is 5. The molecule has 0 radical (unpaired) electrons. The van der Waals surface area contributed by atoms with Gasteiger partial charge < -0.3 is 30.0 Å². The number of nitrogens with two attached hydrogens (primary N) is 1. The first kappa shape index (κ1) is 59.9. The van der Waals surface area contributed by atoms with Crippen LogP contribution in [0.25, 0.3) is 11.2 Å². The fourth-order valence-corrected chi connectivity index (χ4v) is 8.89. The molecule has 3 rings (SSSR count). The number of rotatable bonds is 40. The third-order valence-corrected chi connectivity index (χ3v) is 13.2. The summed E-state index contributed by atoms with van der Waals surface area (Å²) in [5.41, 5.74) is 4.90. The number of nitrogens with zero attached hydrogens (tertiary/aromatic N) is 3. The Kier molecular flexibility index (Phi) is 30.5. The number of carbonyl (C=O) groups excluding carboxylic acids is 5. The molecule has 2 aromatic rings. The van der Waals surface area contributed by atoms with E-state index in [-0.39, 0.29) is 36.4 Å². The molecule has 0 saturated carbocycles. The number of unbranched alkanes of at least 4 members (excludes halogenated alkanes) is 25. The summed E-state index contributed by atoms with van der Waals surface area (Å²) in [6.07, 6.45) is 26.5. The third-order valence-electron chi connectivity index (χ3n) is 13.2. The molecule has 70 heavy (non-hydrogen) atoms. The van der Waals surface area contributed by atoms with E-state index in [1.165, 1.54) is 121 Å². The summed E-state index contributed by atoms with van der Waals surface area (Å²) in [4.78, 5) is 92.1. The van der Waals surface area contributed by atoms with Crippen LogP contribution in [0.15, 0.2) is 11.1 Å². The summed E-state index contributed by atoms with van der Waals surface area (Å²) in [7, 11) is 1.22. The van der Waals surface area contributed by atoms with E-state index in [0.717, 1.165) is 51.4 Å². The molecule has 3 heterocycles. The largest absolute Gasteiger partial charge is 0.467 e. The number of fused-ring (bicyclic) bond motifs is 1. The van der Waals surface area contributed by atoms with E-state index in [4.69, 9.17) is 24.7 Å². The van der Waals surface area contributed by atoms with Crippen molar-refractivity contribution in [3.05, 3.63) is 16.7 Å². The normalized spacial score (nSPS) is 17.2. The minimum atomic E-state index is -1.59. The average Bonchev–Trinajstić information content (AvgIpc) is 3.92. The van der Waals surface area contributed by atoms with Crippen molar-refractivity contribution in [3.8, 4) is 0 Å². The second-order valence-corrected chi connectivity index (χ2v) is 19.6. The van der Waals surface area contributed by atoms with E-state index < -0.39 is 71.8 Å². The molecule has 1 saturated heterocycles. The van der Waals surface area contributed by atoms with E-state index >= 15 is 0 Å². The van der Waals surface area contributed by atoms with Gasteiger partial charge in [0.15, 0.2) is 35.7 Å². The molecule has 17 heteroatoms. The van der Waals surface area contributed by atoms with Crippen LogP contribution in [-0.4, -0.2) is 87.2 Å². The van der Waals surface area contributed by atoms with Gasteiger partial charge in [-0.25, -0.2) is 9.78 Å². The number of ether oxygens (including phenoxy) is 4. The number of amides is 2. The van der Waals surface area contributed by atoms with Crippen LogP contribution >= 0.6 is 0 Å². The van der Waals surface area contributed by atoms with Crippen molar-refractivity contribution in [1.29, 1.82) is 0 Å². The Labute approximate surface area is 418 Å². The lowest BCUT2D eigenvalue weighted by atomic mass is 10.0. The fourth-order valence-electron chi connectivity index (χ4n) is 8.89. The van der Waals surface area contributed by atoms with Crippen LogP contribution in [-0.2, 0) is 42.9 Å². The number of aromatic nitrogens is 4. The monoisotopic (exact) mass is 986 g/mol. The van der Waals surface area contributed by atoms with Crippen LogP contribution in [0, 0.1) is 5.92 Å². The van der Waals surface area contributed by atoms with Crippen molar-refractivity contribution in [2.24, 2.45) is 11.7 Å². The second kappa shape index (κ2) is 35.7. The van der Waals surface area contributed by atoms with Crippen LogP contribution < -0.4 is 21.9 Å². The first-order valence-electron chi connectivity index (χ1n) is 27.4. The van der Waals surface area contributed by atoms with Gasteiger partial charge >= 0.3 is 17.9 Å². The number of methoxy groups -OCH3 is 1. The minimum Gasteiger partial charge on any atom is -0.467 e. The first-order chi connectivity index (χ1) is 33.9. The van der Waals surface area contributed by atoms with Crippen molar-refractivity contribution in [2.75, 3.05) is 19.0 Å². The van der Waals surface area contributed by atoms with E-state index in [1.54, 1.807) is 13.8 Å². The first-order valence-corrected chi connectivity index (χ1v) is 27.4. The number of imidazole rings is 1. The zero-order valence-corrected chi connectivity index (χ0v) is 43.7. The predicted molar refractivity (Wildman–Crippen MR) is 273 cm³/mol. The van der Waals surface area contributed by atoms with Gasteiger partial charge in [0, 0.05) is 18.8 Å². The number of hydrogen-bond donors (Lipinski definition) is 4. The van der Waals surface area contributed by atoms with Gasteiger partial charge in [-0.15, -0.1) is 0 Å².